The molecule has 0 bridgehead atoms. The molecule has 4 aliphatic rings. The fraction of sp³-hybridized carbons (Fsp3) is 1.00. The first-order valence-electron chi connectivity index (χ1n) is 9.00. The molecular weight excluding hydrogens is 512 g/mol. The normalized spacial score (nSPS) is 56.6. The van der Waals surface area contributed by atoms with Gasteiger partial charge in [0.05, 0.1) is 0 Å². The zero-order valence-corrected chi connectivity index (χ0v) is 24.4. The summed E-state index contributed by atoms with van der Waals surface area (Å²) in [6.07, 6.45) is 0. The molecule has 1 spiro atoms. The standard InChI is InChI=1S/C16H36Si4.Pb/c1-17(2,3)13-14(18(4,5)6)16(20(10,11)12)15(13)19(7,8)9;/h1-12H3;. The molecule has 0 aromatic rings. The van der Waals surface area contributed by atoms with Gasteiger partial charge in [0.2, 0.25) is 0 Å². The maximum atomic E-state index is 2.78. The first-order chi connectivity index (χ1) is 9.00. The van der Waals surface area contributed by atoms with Gasteiger partial charge in [-0.05, 0) is 0 Å². The van der Waals surface area contributed by atoms with Crippen LogP contribution in [0.1, 0.15) is 0 Å². The predicted octanol–water partition coefficient (Wildman–Crippen LogP) is 5.96. The Hall–Kier alpha value is 1.79. The molecule has 5 heteroatoms. The minimum atomic E-state index is -1.91. The van der Waals surface area contributed by atoms with Crippen molar-refractivity contribution in [1.82, 2.24) is 0 Å². The van der Waals surface area contributed by atoms with Gasteiger partial charge in [-0.3, -0.25) is 0 Å². The average Bonchev–Trinajstić information content (AvgIpc) is 2.73. The SMILES string of the molecule is C[Si](C)(C)[C]12[C]3([Si](C)(C)C)[C]4([Si](C)(C)C)[C]1([Si](C)(C)C)[Pb]234. The first-order valence-corrected chi connectivity index (χ1v) is 30.8. The van der Waals surface area contributed by atoms with E-state index in [0.29, 0.717) is 0 Å². The summed E-state index contributed by atoms with van der Waals surface area (Å²) in [4.78, 5) is 0. The van der Waals surface area contributed by atoms with Crippen molar-refractivity contribution in [2.24, 2.45) is 0 Å². The van der Waals surface area contributed by atoms with E-state index in [1.165, 1.54) is 0 Å². The van der Waals surface area contributed by atoms with Crippen LogP contribution in [-0.4, -0.2) is 53.5 Å². The van der Waals surface area contributed by atoms with E-state index in [1.807, 2.05) is 0 Å². The van der Waals surface area contributed by atoms with Crippen molar-refractivity contribution in [3.63, 3.8) is 0 Å². The van der Waals surface area contributed by atoms with Crippen LogP contribution in [0.2, 0.25) is 89.0 Å². The predicted molar refractivity (Wildman–Crippen MR) is 110 cm³/mol. The van der Waals surface area contributed by atoms with Crippen LogP contribution in [0.3, 0.4) is 0 Å². The average molecular weight is 548 g/mol. The fourth-order valence-electron chi connectivity index (χ4n) is 10.4. The Kier molecular flexibility index (Phi) is 2.34. The van der Waals surface area contributed by atoms with E-state index in [-0.39, 0.29) is 0 Å². The van der Waals surface area contributed by atoms with Gasteiger partial charge < -0.3 is 0 Å². The van der Waals surface area contributed by atoms with Crippen molar-refractivity contribution >= 4 is 53.5 Å². The molecule has 0 aliphatic carbocycles. The number of hydrogen-bond acceptors (Lipinski definition) is 0. The summed E-state index contributed by atoms with van der Waals surface area (Å²) in [6, 6.07) is 0. The van der Waals surface area contributed by atoms with Crippen molar-refractivity contribution in [2.45, 2.75) is 89.0 Å². The number of hydrogen-bond donors (Lipinski definition) is 0. The van der Waals surface area contributed by atoms with Crippen LogP contribution in [0.4, 0.5) is 0 Å². The van der Waals surface area contributed by atoms with Crippen LogP contribution in [0.25, 0.3) is 0 Å². The summed E-state index contributed by atoms with van der Waals surface area (Å²) in [7, 11) is -3.87. The number of fused-ring (bicyclic) bond motifs is 4. The Balaban J connectivity index is 1.95. The van der Waals surface area contributed by atoms with Gasteiger partial charge in [0.1, 0.15) is 0 Å². The van der Waals surface area contributed by atoms with E-state index in [1.54, 1.807) is 0 Å². The monoisotopic (exact) mass is 548 g/mol. The van der Waals surface area contributed by atoms with Crippen LogP contribution in [0, 0.1) is 0 Å². The summed E-state index contributed by atoms with van der Waals surface area (Å²) < 4.78 is 4.59. The van der Waals surface area contributed by atoms with Crippen molar-refractivity contribution < 1.29 is 0 Å². The van der Waals surface area contributed by atoms with E-state index < -0.39 is 53.5 Å². The van der Waals surface area contributed by atoms with E-state index in [4.69, 9.17) is 0 Å². The Labute approximate surface area is 141 Å². The molecule has 0 aromatic heterocycles. The third-order valence-corrected chi connectivity index (χ3v) is 103. The number of rotatable bonds is 4. The Morgan fingerprint density at radius 2 is 0.524 bits per heavy atom. The zero-order valence-electron chi connectivity index (χ0n) is 16.5. The van der Waals surface area contributed by atoms with Crippen molar-refractivity contribution in [3.05, 3.63) is 0 Å². The summed E-state index contributed by atoms with van der Waals surface area (Å²) in [6.45, 7) is 33.3. The summed E-state index contributed by atoms with van der Waals surface area (Å²) in [5, 5.41) is 0. The molecule has 0 N–H and O–H groups in total. The van der Waals surface area contributed by atoms with Crippen LogP contribution >= 0.6 is 0 Å². The molecule has 21 heavy (non-hydrogen) atoms. The minimum absolute atomic E-state index is 0.967. The van der Waals surface area contributed by atoms with E-state index in [9.17, 15) is 0 Å². The summed E-state index contributed by atoms with van der Waals surface area (Å²) in [5.74, 6) is 0. The van der Waals surface area contributed by atoms with E-state index in [0.717, 1.165) is 10.4 Å². The molecule has 0 radical (unpaired) electrons. The molecule has 4 heterocycles. The molecule has 4 aliphatic heterocycles. The van der Waals surface area contributed by atoms with Gasteiger partial charge >= 0.3 is 142 Å². The quantitative estimate of drug-likeness (QED) is 0.381. The van der Waals surface area contributed by atoms with Crippen LogP contribution in [0.15, 0.2) is 0 Å². The molecule has 4 rings (SSSR count). The molecule has 0 unspecified atom stereocenters. The van der Waals surface area contributed by atoms with Crippen molar-refractivity contribution in [3.8, 4) is 0 Å². The van der Waals surface area contributed by atoms with Gasteiger partial charge in [-0.25, -0.2) is 0 Å². The molecule has 0 nitrogen and oxygen atoms in total. The van der Waals surface area contributed by atoms with Gasteiger partial charge in [-0.2, -0.15) is 0 Å². The Bertz CT molecular complexity index is 476. The van der Waals surface area contributed by atoms with Gasteiger partial charge in [0, 0.05) is 0 Å². The Morgan fingerprint density at radius 3 is 0.619 bits per heavy atom. The topological polar surface area (TPSA) is 0 Å². The summed E-state index contributed by atoms with van der Waals surface area (Å²) >= 11 is -1.91. The van der Waals surface area contributed by atoms with Gasteiger partial charge in [-0.15, -0.1) is 0 Å². The molecular formula is C16H36PbSi4. The molecule has 0 amide bonds. The van der Waals surface area contributed by atoms with E-state index in [2.05, 4.69) is 78.6 Å². The fourth-order valence-corrected chi connectivity index (χ4v) is 203. The zero-order chi connectivity index (χ0) is 16.5. The van der Waals surface area contributed by atoms with Gasteiger partial charge in [0.15, 0.2) is 0 Å². The van der Waals surface area contributed by atoms with E-state index >= 15 is 0 Å². The molecule has 120 valence electrons. The second-order valence-electron chi connectivity index (χ2n) is 12.8. The van der Waals surface area contributed by atoms with Gasteiger partial charge in [0.25, 0.3) is 0 Å². The molecule has 0 aromatic carbocycles. The molecule has 4 fully saturated rings. The van der Waals surface area contributed by atoms with Gasteiger partial charge in [-0.1, -0.05) is 0 Å². The first kappa shape index (κ1) is 16.3. The van der Waals surface area contributed by atoms with Crippen LogP contribution < -0.4 is 0 Å². The van der Waals surface area contributed by atoms with Crippen molar-refractivity contribution in [1.29, 1.82) is 0 Å². The third-order valence-electron chi connectivity index (χ3n) is 8.75. The Morgan fingerprint density at radius 1 is 0.381 bits per heavy atom. The summed E-state index contributed by atoms with van der Waals surface area (Å²) in [5.41, 5.74) is 0. The molecule has 4 saturated heterocycles. The van der Waals surface area contributed by atoms with Crippen LogP contribution in [-0.2, 0) is 0 Å². The maximum absolute atomic E-state index is 2.78. The second kappa shape index (κ2) is 3.03. The van der Waals surface area contributed by atoms with Crippen molar-refractivity contribution in [2.75, 3.05) is 0 Å². The third kappa shape index (κ3) is 0.824. The van der Waals surface area contributed by atoms with Crippen LogP contribution in [0.5, 0.6) is 0 Å². The molecule has 0 atom stereocenters. The second-order valence-corrected chi connectivity index (χ2v) is 59.0. The molecule has 0 saturated carbocycles.